The maximum absolute atomic E-state index is 12.5. The number of nitrogens with zero attached hydrogens (tertiary/aromatic N) is 1. The first-order chi connectivity index (χ1) is 10.4. The molecule has 22 heavy (non-hydrogen) atoms. The summed E-state index contributed by atoms with van der Waals surface area (Å²) in [5.74, 6) is -1.50. The molecule has 112 valence electrons. The topological polar surface area (TPSA) is 50.1 Å². The Labute approximate surface area is 124 Å². The number of carbonyl (C=O) groups is 1. The van der Waals surface area contributed by atoms with Crippen LogP contribution < -0.4 is 4.74 Å². The van der Waals surface area contributed by atoms with Crippen LogP contribution in [0.4, 0.5) is 13.2 Å². The van der Waals surface area contributed by atoms with Gasteiger partial charge in [-0.25, -0.2) is 0 Å². The molecule has 0 aliphatic carbocycles. The Morgan fingerprint density at radius 1 is 1.09 bits per heavy atom. The highest BCUT2D eigenvalue weighted by Gasteiger charge is 2.40. The van der Waals surface area contributed by atoms with E-state index >= 15 is 0 Å². The first kappa shape index (κ1) is 15.6. The van der Waals surface area contributed by atoms with Gasteiger partial charge in [-0.3, -0.25) is 4.79 Å². The first-order valence-corrected chi connectivity index (χ1v) is 6.24. The van der Waals surface area contributed by atoms with Gasteiger partial charge in [-0.05, 0) is 24.3 Å². The molecule has 0 atom stereocenters. The minimum Gasteiger partial charge on any atom is -0.489 e. The summed E-state index contributed by atoms with van der Waals surface area (Å²) in [5, 5.41) is 8.68. The Hall–Kier alpha value is -2.81. The molecule has 0 saturated heterocycles. The number of benzene rings is 2. The molecule has 0 aromatic heterocycles. The molecular weight excluding hydrogens is 295 g/mol. The molecule has 2 aromatic rings. The molecule has 0 aliphatic rings. The lowest BCUT2D eigenvalue weighted by Crippen LogP contribution is -2.24. The molecule has 0 amide bonds. The molecular formula is C16H10F3NO2. The number of hydrogen-bond donors (Lipinski definition) is 0. The van der Waals surface area contributed by atoms with Gasteiger partial charge >= 0.3 is 6.18 Å². The highest BCUT2D eigenvalue weighted by atomic mass is 19.4. The molecule has 0 N–H and O–H groups in total. The van der Waals surface area contributed by atoms with Gasteiger partial charge in [0.25, 0.3) is 5.78 Å². The van der Waals surface area contributed by atoms with Gasteiger partial charge in [0.05, 0.1) is 11.6 Å². The van der Waals surface area contributed by atoms with Crippen molar-refractivity contribution in [3.05, 3.63) is 65.2 Å². The predicted octanol–water partition coefficient (Wildman–Crippen LogP) is 3.88. The summed E-state index contributed by atoms with van der Waals surface area (Å²) in [5.41, 5.74) is 0.165. The van der Waals surface area contributed by atoms with Gasteiger partial charge in [-0.15, -0.1) is 0 Å². The number of carbonyl (C=O) groups excluding carboxylic acids is 1. The normalized spacial score (nSPS) is 10.8. The van der Waals surface area contributed by atoms with Crippen molar-refractivity contribution >= 4 is 5.78 Å². The zero-order valence-corrected chi connectivity index (χ0v) is 11.2. The van der Waals surface area contributed by atoms with Gasteiger partial charge in [0.2, 0.25) is 0 Å². The van der Waals surface area contributed by atoms with Crippen LogP contribution in [0.1, 0.15) is 21.5 Å². The zero-order valence-electron chi connectivity index (χ0n) is 11.2. The van der Waals surface area contributed by atoms with E-state index < -0.39 is 17.5 Å². The minimum atomic E-state index is -4.93. The zero-order chi connectivity index (χ0) is 16.2. The van der Waals surface area contributed by atoms with Crippen molar-refractivity contribution in [3.8, 4) is 11.8 Å². The summed E-state index contributed by atoms with van der Waals surface area (Å²) in [6, 6.07) is 13.5. The van der Waals surface area contributed by atoms with E-state index in [1.807, 2.05) is 6.07 Å². The quantitative estimate of drug-likeness (QED) is 0.805. The maximum atomic E-state index is 12.5. The summed E-state index contributed by atoms with van der Waals surface area (Å²) >= 11 is 0. The molecule has 0 aliphatic heterocycles. The molecule has 0 spiro atoms. The number of Topliss-reactive ketones (excluding diaryl/α,β-unsaturated/α-hetero) is 1. The summed E-state index contributed by atoms with van der Waals surface area (Å²) < 4.78 is 43.0. The number of nitriles is 1. The lowest BCUT2D eigenvalue weighted by molar-refractivity contribution is -0.0886. The molecule has 0 unspecified atom stereocenters. The summed E-state index contributed by atoms with van der Waals surface area (Å²) in [6.07, 6.45) is -4.93. The second-order valence-corrected chi connectivity index (χ2v) is 4.41. The van der Waals surface area contributed by atoms with Gasteiger partial charge in [0, 0.05) is 11.1 Å². The molecule has 2 aromatic carbocycles. The van der Waals surface area contributed by atoms with Gasteiger partial charge in [0.1, 0.15) is 12.4 Å². The number of ketones is 1. The number of ether oxygens (including phenoxy) is 1. The predicted molar refractivity (Wildman–Crippen MR) is 72.3 cm³/mol. The van der Waals surface area contributed by atoms with Gasteiger partial charge < -0.3 is 4.74 Å². The van der Waals surface area contributed by atoms with Crippen molar-refractivity contribution in [1.29, 1.82) is 5.26 Å². The van der Waals surface area contributed by atoms with Crippen LogP contribution >= 0.6 is 0 Å². The summed E-state index contributed by atoms with van der Waals surface area (Å²) in [6.45, 7) is -0.177. The van der Waals surface area contributed by atoms with Crippen molar-refractivity contribution in [1.82, 2.24) is 0 Å². The molecule has 0 saturated carbocycles. The van der Waals surface area contributed by atoms with E-state index in [4.69, 9.17) is 10.00 Å². The van der Waals surface area contributed by atoms with Crippen LogP contribution in [0.5, 0.6) is 5.75 Å². The molecule has 0 radical (unpaired) electrons. The van der Waals surface area contributed by atoms with Gasteiger partial charge in [0.15, 0.2) is 0 Å². The molecule has 2 rings (SSSR count). The van der Waals surface area contributed by atoms with Crippen LogP contribution in [0, 0.1) is 11.3 Å². The maximum Gasteiger partial charge on any atom is 0.454 e. The fourth-order valence-electron chi connectivity index (χ4n) is 1.81. The van der Waals surface area contributed by atoms with Crippen molar-refractivity contribution in [2.24, 2.45) is 0 Å². The fourth-order valence-corrected chi connectivity index (χ4v) is 1.81. The molecule has 0 bridgehead atoms. The van der Waals surface area contributed by atoms with Crippen LogP contribution in [-0.4, -0.2) is 12.0 Å². The third-order valence-electron chi connectivity index (χ3n) is 2.90. The van der Waals surface area contributed by atoms with E-state index in [0.717, 1.165) is 6.07 Å². The Morgan fingerprint density at radius 2 is 1.73 bits per heavy atom. The van der Waals surface area contributed by atoms with E-state index in [9.17, 15) is 18.0 Å². The number of alkyl halides is 3. The van der Waals surface area contributed by atoms with Crippen LogP contribution in [-0.2, 0) is 6.61 Å². The number of rotatable bonds is 4. The van der Waals surface area contributed by atoms with E-state index in [1.54, 1.807) is 0 Å². The highest BCUT2D eigenvalue weighted by Crippen LogP contribution is 2.24. The first-order valence-electron chi connectivity index (χ1n) is 6.24. The van der Waals surface area contributed by atoms with E-state index in [1.165, 1.54) is 42.5 Å². The largest absolute Gasteiger partial charge is 0.489 e. The van der Waals surface area contributed by atoms with Crippen molar-refractivity contribution in [2.45, 2.75) is 12.8 Å². The lowest BCUT2D eigenvalue weighted by atomic mass is 10.0. The SMILES string of the molecule is N#Cc1ccc(OCc2ccccc2C(=O)C(F)(F)F)cc1. The highest BCUT2D eigenvalue weighted by molar-refractivity contribution is 6.01. The van der Waals surface area contributed by atoms with Gasteiger partial charge in [-0.1, -0.05) is 24.3 Å². The second-order valence-electron chi connectivity index (χ2n) is 4.41. The van der Waals surface area contributed by atoms with Crippen LogP contribution in [0.25, 0.3) is 0 Å². The van der Waals surface area contributed by atoms with E-state index in [-0.39, 0.29) is 12.2 Å². The molecule has 6 heteroatoms. The van der Waals surface area contributed by atoms with E-state index in [0.29, 0.717) is 11.3 Å². The summed E-state index contributed by atoms with van der Waals surface area (Å²) in [7, 11) is 0. The Bertz CT molecular complexity index is 715. The monoisotopic (exact) mass is 305 g/mol. The van der Waals surface area contributed by atoms with Crippen molar-refractivity contribution in [2.75, 3.05) is 0 Å². The Kier molecular flexibility index (Phi) is 4.47. The Morgan fingerprint density at radius 3 is 2.32 bits per heavy atom. The second kappa shape index (κ2) is 6.31. The van der Waals surface area contributed by atoms with Crippen molar-refractivity contribution < 1.29 is 22.7 Å². The lowest BCUT2D eigenvalue weighted by Gasteiger charge is -2.12. The third kappa shape index (κ3) is 3.64. The average molecular weight is 305 g/mol. The van der Waals surface area contributed by atoms with Gasteiger partial charge in [-0.2, -0.15) is 18.4 Å². The van der Waals surface area contributed by atoms with Crippen LogP contribution in [0.2, 0.25) is 0 Å². The van der Waals surface area contributed by atoms with Crippen molar-refractivity contribution in [3.63, 3.8) is 0 Å². The Balaban J connectivity index is 2.16. The molecule has 3 nitrogen and oxygen atoms in total. The number of hydrogen-bond acceptors (Lipinski definition) is 3. The third-order valence-corrected chi connectivity index (χ3v) is 2.90. The summed E-state index contributed by atoms with van der Waals surface area (Å²) in [4.78, 5) is 11.4. The fraction of sp³-hybridized carbons (Fsp3) is 0.125. The van der Waals surface area contributed by atoms with Crippen LogP contribution in [0.15, 0.2) is 48.5 Å². The van der Waals surface area contributed by atoms with E-state index in [2.05, 4.69) is 0 Å². The smallest absolute Gasteiger partial charge is 0.454 e. The number of halogens is 3. The van der Waals surface area contributed by atoms with Crippen LogP contribution in [0.3, 0.4) is 0 Å². The molecule has 0 heterocycles. The molecule has 0 fully saturated rings. The minimum absolute atomic E-state index is 0.147. The standard InChI is InChI=1S/C16H10F3NO2/c17-16(18,19)15(21)14-4-2-1-3-12(14)10-22-13-7-5-11(9-20)6-8-13/h1-8H,10H2. The average Bonchev–Trinajstić information content (AvgIpc) is 2.52.